The molecular formula is C14H13O. The summed E-state index contributed by atoms with van der Waals surface area (Å²) in [5.74, 6) is 0.881. The van der Waals surface area contributed by atoms with E-state index in [0.717, 1.165) is 16.9 Å². The molecule has 0 bridgehead atoms. The van der Waals surface area contributed by atoms with Crippen molar-refractivity contribution in [2.45, 2.75) is 0 Å². The average molecular weight is 197 g/mol. The fourth-order valence-electron chi connectivity index (χ4n) is 1.50. The van der Waals surface area contributed by atoms with Crippen molar-refractivity contribution in [1.82, 2.24) is 0 Å². The molecule has 1 nitrogen and oxygen atoms in total. The van der Waals surface area contributed by atoms with E-state index < -0.39 is 0 Å². The predicted molar refractivity (Wildman–Crippen MR) is 62.9 cm³/mol. The maximum atomic E-state index is 5.19. The van der Waals surface area contributed by atoms with Crippen molar-refractivity contribution in [3.05, 3.63) is 61.0 Å². The number of benzene rings is 2. The van der Waals surface area contributed by atoms with Crippen LogP contribution in [0.5, 0.6) is 5.75 Å². The van der Waals surface area contributed by atoms with Gasteiger partial charge < -0.3 is 4.74 Å². The van der Waals surface area contributed by atoms with Crippen molar-refractivity contribution in [3.8, 4) is 16.9 Å². The zero-order valence-electron chi connectivity index (χ0n) is 8.73. The van der Waals surface area contributed by atoms with Gasteiger partial charge in [0, 0.05) is 0 Å². The fourth-order valence-corrected chi connectivity index (χ4v) is 1.50. The normalized spacial score (nSPS) is 10.0. The molecule has 0 atom stereocenters. The molecule has 1 heteroatoms. The van der Waals surface area contributed by atoms with Gasteiger partial charge in [-0.05, 0) is 35.7 Å². The first kappa shape index (κ1) is 9.78. The zero-order valence-corrected chi connectivity index (χ0v) is 8.73. The Bertz CT molecular complexity index is 443. The Labute approximate surface area is 90.3 Å². The lowest BCUT2D eigenvalue weighted by molar-refractivity contribution is 0.415. The minimum Gasteiger partial charge on any atom is -0.497 e. The Balaban J connectivity index is 2.40. The quantitative estimate of drug-likeness (QED) is 0.715. The van der Waals surface area contributed by atoms with E-state index in [-0.39, 0.29) is 0 Å². The lowest BCUT2D eigenvalue weighted by atomic mass is 10.0. The Morgan fingerprint density at radius 3 is 2.33 bits per heavy atom. The van der Waals surface area contributed by atoms with Crippen molar-refractivity contribution in [2.24, 2.45) is 0 Å². The molecule has 0 heterocycles. The zero-order chi connectivity index (χ0) is 10.7. The highest BCUT2D eigenvalue weighted by Gasteiger charge is 1.98. The van der Waals surface area contributed by atoms with Gasteiger partial charge >= 0.3 is 0 Å². The third-order valence-corrected chi connectivity index (χ3v) is 2.36. The molecule has 0 aliphatic carbocycles. The number of hydrogen-bond donors (Lipinski definition) is 0. The van der Waals surface area contributed by atoms with Crippen LogP contribution in [0.2, 0.25) is 0 Å². The first-order valence-corrected chi connectivity index (χ1v) is 4.86. The summed E-state index contributed by atoms with van der Waals surface area (Å²) in [5, 5.41) is 0. The lowest BCUT2D eigenvalue weighted by Crippen LogP contribution is -1.83. The van der Waals surface area contributed by atoms with Crippen LogP contribution in [-0.2, 0) is 0 Å². The third-order valence-electron chi connectivity index (χ3n) is 2.36. The van der Waals surface area contributed by atoms with Crippen LogP contribution in [0.4, 0.5) is 0 Å². The average Bonchev–Trinajstić information content (AvgIpc) is 2.30. The summed E-state index contributed by atoms with van der Waals surface area (Å²) in [5.41, 5.74) is 3.37. The molecule has 0 saturated carbocycles. The molecular weight excluding hydrogens is 184 g/mol. The summed E-state index contributed by atoms with van der Waals surface area (Å²) in [6.07, 6.45) is 0. The molecule has 15 heavy (non-hydrogen) atoms. The molecule has 0 amide bonds. The SMILES string of the molecule is [CH2]c1ccc(-c2cccc(OC)c2)cc1. The van der Waals surface area contributed by atoms with E-state index in [1.807, 2.05) is 30.3 Å². The second-order valence-electron chi connectivity index (χ2n) is 3.43. The van der Waals surface area contributed by atoms with Gasteiger partial charge in [-0.25, -0.2) is 0 Å². The van der Waals surface area contributed by atoms with Gasteiger partial charge in [-0.15, -0.1) is 0 Å². The predicted octanol–water partition coefficient (Wildman–Crippen LogP) is 3.54. The molecule has 0 fully saturated rings. The van der Waals surface area contributed by atoms with Crippen molar-refractivity contribution in [2.75, 3.05) is 7.11 Å². The van der Waals surface area contributed by atoms with Gasteiger partial charge in [0.2, 0.25) is 0 Å². The Hall–Kier alpha value is -1.76. The first-order valence-electron chi connectivity index (χ1n) is 4.86. The molecule has 2 aromatic carbocycles. The molecule has 0 saturated heterocycles. The van der Waals surface area contributed by atoms with Crippen LogP contribution in [0.15, 0.2) is 48.5 Å². The monoisotopic (exact) mass is 197 g/mol. The standard InChI is InChI=1S/C14H13O/c1-11-6-8-12(9-7-11)13-4-3-5-14(10-13)15-2/h3-10H,1H2,2H3. The van der Waals surface area contributed by atoms with Crippen LogP contribution < -0.4 is 4.74 Å². The molecule has 75 valence electrons. The van der Waals surface area contributed by atoms with Gasteiger partial charge in [0.25, 0.3) is 0 Å². The number of methoxy groups -OCH3 is 1. The molecule has 2 aromatic rings. The van der Waals surface area contributed by atoms with Crippen molar-refractivity contribution < 1.29 is 4.74 Å². The number of hydrogen-bond acceptors (Lipinski definition) is 1. The van der Waals surface area contributed by atoms with Crippen molar-refractivity contribution in [1.29, 1.82) is 0 Å². The Morgan fingerprint density at radius 1 is 0.933 bits per heavy atom. The van der Waals surface area contributed by atoms with Crippen LogP contribution in [0, 0.1) is 6.92 Å². The first-order chi connectivity index (χ1) is 7.29. The third kappa shape index (κ3) is 2.18. The van der Waals surface area contributed by atoms with Gasteiger partial charge in [-0.1, -0.05) is 36.4 Å². The van der Waals surface area contributed by atoms with Crippen LogP contribution in [0.3, 0.4) is 0 Å². The van der Waals surface area contributed by atoms with Gasteiger partial charge in [0.05, 0.1) is 7.11 Å². The smallest absolute Gasteiger partial charge is 0.119 e. The molecule has 0 spiro atoms. The maximum Gasteiger partial charge on any atom is 0.119 e. The van der Waals surface area contributed by atoms with E-state index in [1.165, 1.54) is 5.56 Å². The van der Waals surface area contributed by atoms with Gasteiger partial charge in [0.1, 0.15) is 5.75 Å². The molecule has 0 unspecified atom stereocenters. The summed E-state index contributed by atoms with van der Waals surface area (Å²) in [4.78, 5) is 0. The van der Waals surface area contributed by atoms with Crippen LogP contribution in [0.1, 0.15) is 5.56 Å². The summed E-state index contributed by atoms with van der Waals surface area (Å²) in [6, 6.07) is 16.2. The number of ether oxygens (including phenoxy) is 1. The lowest BCUT2D eigenvalue weighted by Gasteiger charge is -2.04. The van der Waals surface area contributed by atoms with Gasteiger partial charge in [0.15, 0.2) is 0 Å². The summed E-state index contributed by atoms with van der Waals surface area (Å²) in [7, 11) is 1.68. The van der Waals surface area contributed by atoms with Gasteiger partial charge in [-0.3, -0.25) is 0 Å². The second kappa shape index (κ2) is 4.18. The van der Waals surface area contributed by atoms with Crippen LogP contribution in [0.25, 0.3) is 11.1 Å². The highest BCUT2D eigenvalue weighted by molar-refractivity contribution is 5.65. The summed E-state index contributed by atoms with van der Waals surface area (Å²) >= 11 is 0. The molecule has 0 aliphatic rings. The molecule has 0 N–H and O–H groups in total. The number of rotatable bonds is 2. The van der Waals surface area contributed by atoms with Crippen molar-refractivity contribution >= 4 is 0 Å². The topological polar surface area (TPSA) is 9.23 Å². The Kier molecular flexibility index (Phi) is 2.72. The summed E-state index contributed by atoms with van der Waals surface area (Å²) < 4.78 is 5.19. The highest BCUT2D eigenvalue weighted by Crippen LogP contribution is 2.23. The fraction of sp³-hybridized carbons (Fsp3) is 0.0714. The minimum atomic E-state index is 0.881. The van der Waals surface area contributed by atoms with Crippen molar-refractivity contribution in [3.63, 3.8) is 0 Å². The molecule has 0 aromatic heterocycles. The van der Waals surface area contributed by atoms with E-state index in [4.69, 9.17) is 4.74 Å². The highest BCUT2D eigenvalue weighted by atomic mass is 16.5. The summed E-state index contributed by atoms with van der Waals surface area (Å²) in [6.45, 7) is 3.86. The van der Waals surface area contributed by atoms with Crippen LogP contribution in [-0.4, -0.2) is 7.11 Å². The van der Waals surface area contributed by atoms with E-state index in [9.17, 15) is 0 Å². The second-order valence-corrected chi connectivity index (χ2v) is 3.43. The molecule has 1 radical (unpaired) electrons. The largest absolute Gasteiger partial charge is 0.497 e. The van der Waals surface area contributed by atoms with E-state index in [1.54, 1.807) is 7.11 Å². The molecule has 0 aliphatic heterocycles. The van der Waals surface area contributed by atoms with E-state index >= 15 is 0 Å². The van der Waals surface area contributed by atoms with Crippen LogP contribution >= 0.6 is 0 Å². The molecule has 2 rings (SSSR count). The minimum absolute atomic E-state index is 0.881. The van der Waals surface area contributed by atoms with E-state index in [0.29, 0.717) is 0 Å². The Morgan fingerprint density at radius 2 is 1.67 bits per heavy atom. The maximum absolute atomic E-state index is 5.19. The van der Waals surface area contributed by atoms with E-state index in [2.05, 4.69) is 25.1 Å². The van der Waals surface area contributed by atoms with Gasteiger partial charge in [-0.2, -0.15) is 0 Å².